The zero-order valence-corrected chi connectivity index (χ0v) is 9.11. The molecule has 0 spiro atoms. The third-order valence-corrected chi connectivity index (χ3v) is 2.49. The molecule has 2 rings (SSSR count). The van der Waals surface area contributed by atoms with Gasteiger partial charge in [-0.15, -0.1) is 0 Å². The molecule has 0 radical (unpaired) electrons. The maximum Gasteiger partial charge on any atom is 0.213 e. The standard InChI is InChI=1S/C11H11ClN2O/c1-15-11-6-5-9(8-13-11)14-7-3-2-4-10(14)12/h2-6,8H,7H2,1H3. The number of anilines is 1. The van der Waals surface area contributed by atoms with Gasteiger partial charge in [0.2, 0.25) is 5.88 Å². The lowest BCUT2D eigenvalue weighted by Gasteiger charge is -2.23. The van der Waals surface area contributed by atoms with Crippen LogP contribution >= 0.6 is 11.6 Å². The molecule has 0 bridgehead atoms. The Balaban J connectivity index is 2.23. The molecule has 1 aromatic rings. The van der Waals surface area contributed by atoms with Gasteiger partial charge in [-0.25, -0.2) is 4.98 Å². The Kier molecular flexibility index (Phi) is 2.92. The molecule has 0 unspecified atom stereocenters. The van der Waals surface area contributed by atoms with Crippen LogP contribution in [0.5, 0.6) is 5.88 Å². The van der Waals surface area contributed by atoms with Gasteiger partial charge >= 0.3 is 0 Å². The Morgan fingerprint density at radius 1 is 1.47 bits per heavy atom. The molecule has 78 valence electrons. The first-order chi connectivity index (χ1) is 7.31. The van der Waals surface area contributed by atoms with Crippen molar-refractivity contribution < 1.29 is 4.74 Å². The number of allylic oxidation sites excluding steroid dienone is 2. The molecular weight excluding hydrogens is 212 g/mol. The lowest BCUT2D eigenvalue weighted by atomic mass is 10.3. The van der Waals surface area contributed by atoms with Gasteiger partial charge in [-0.05, 0) is 12.1 Å². The van der Waals surface area contributed by atoms with E-state index in [0.29, 0.717) is 11.0 Å². The van der Waals surface area contributed by atoms with Crippen LogP contribution in [0, 0.1) is 0 Å². The van der Waals surface area contributed by atoms with E-state index >= 15 is 0 Å². The minimum Gasteiger partial charge on any atom is -0.481 e. The monoisotopic (exact) mass is 222 g/mol. The molecular formula is C11H11ClN2O. The molecule has 1 aromatic heterocycles. The van der Waals surface area contributed by atoms with Gasteiger partial charge in [-0.1, -0.05) is 23.8 Å². The lowest BCUT2D eigenvalue weighted by molar-refractivity contribution is 0.398. The molecule has 3 nitrogen and oxygen atoms in total. The molecule has 0 saturated heterocycles. The van der Waals surface area contributed by atoms with Crippen molar-refractivity contribution in [3.63, 3.8) is 0 Å². The number of ether oxygens (including phenoxy) is 1. The minimum absolute atomic E-state index is 0.603. The number of hydrogen-bond donors (Lipinski definition) is 0. The summed E-state index contributed by atoms with van der Waals surface area (Å²) in [6.07, 6.45) is 7.58. The van der Waals surface area contributed by atoms with Crippen molar-refractivity contribution in [1.29, 1.82) is 0 Å². The molecule has 1 aliphatic rings. The Morgan fingerprint density at radius 3 is 2.93 bits per heavy atom. The van der Waals surface area contributed by atoms with Crippen LogP contribution in [0.1, 0.15) is 0 Å². The maximum absolute atomic E-state index is 6.07. The largest absolute Gasteiger partial charge is 0.481 e. The first-order valence-corrected chi connectivity index (χ1v) is 4.99. The molecule has 0 aliphatic carbocycles. The van der Waals surface area contributed by atoms with E-state index in [9.17, 15) is 0 Å². The zero-order chi connectivity index (χ0) is 10.7. The van der Waals surface area contributed by atoms with Crippen LogP contribution in [-0.2, 0) is 0 Å². The molecule has 0 aromatic carbocycles. The van der Waals surface area contributed by atoms with E-state index in [2.05, 4.69) is 4.98 Å². The van der Waals surface area contributed by atoms with Crippen LogP contribution in [0.15, 0.2) is 41.7 Å². The fourth-order valence-electron chi connectivity index (χ4n) is 1.37. The number of pyridine rings is 1. The third kappa shape index (κ3) is 2.13. The van der Waals surface area contributed by atoms with Gasteiger partial charge in [0, 0.05) is 12.6 Å². The molecule has 2 heterocycles. The fraction of sp³-hybridized carbons (Fsp3) is 0.182. The predicted octanol–water partition coefficient (Wildman–Crippen LogP) is 2.55. The quantitative estimate of drug-likeness (QED) is 0.720. The molecule has 0 fully saturated rings. The zero-order valence-electron chi connectivity index (χ0n) is 8.35. The summed E-state index contributed by atoms with van der Waals surface area (Å²) in [5, 5.41) is 0.699. The topological polar surface area (TPSA) is 25.4 Å². The number of hydrogen-bond acceptors (Lipinski definition) is 3. The minimum atomic E-state index is 0.603. The van der Waals surface area contributed by atoms with Crippen LogP contribution in [0.3, 0.4) is 0 Å². The van der Waals surface area contributed by atoms with Crippen molar-refractivity contribution in [3.8, 4) is 5.88 Å². The molecule has 0 amide bonds. The van der Waals surface area contributed by atoms with Gasteiger partial charge in [-0.3, -0.25) is 0 Å². The first kappa shape index (κ1) is 10.1. The SMILES string of the molecule is COc1ccc(N2CC=CC=C2Cl)cn1. The van der Waals surface area contributed by atoms with E-state index < -0.39 is 0 Å². The van der Waals surface area contributed by atoms with Crippen LogP contribution in [0.2, 0.25) is 0 Å². The summed E-state index contributed by atoms with van der Waals surface area (Å²) < 4.78 is 4.99. The van der Waals surface area contributed by atoms with Gasteiger partial charge in [0.1, 0.15) is 5.16 Å². The van der Waals surface area contributed by atoms with Gasteiger partial charge in [0.25, 0.3) is 0 Å². The summed E-state index contributed by atoms with van der Waals surface area (Å²) in [6.45, 7) is 0.767. The van der Waals surface area contributed by atoms with Crippen LogP contribution in [-0.4, -0.2) is 18.6 Å². The average molecular weight is 223 g/mol. The number of halogens is 1. The Labute approximate surface area is 93.6 Å². The normalized spacial score (nSPS) is 15.1. The Morgan fingerprint density at radius 2 is 2.33 bits per heavy atom. The first-order valence-electron chi connectivity index (χ1n) is 4.61. The number of methoxy groups -OCH3 is 1. The summed E-state index contributed by atoms with van der Waals surface area (Å²) in [4.78, 5) is 6.10. The number of nitrogens with zero attached hydrogens (tertiary/aromatic N) is 2. The van der Waals surface area contributed by atoms with E-state index in [1.54, 1.807) is 13.3 Å². The van der Waals surface area contributed by atoms with Gasteiger partial charge in [0.05, 0.1) is 19.0 Å². The molecule has 0 saturated carbocycles. The second kappa shape index (κ2) is 4.36. The summed E-state index contributed by atoms with van der Waals surface area (Å²) in [6, 6.07) is 3.75. The molecule has 15 heavy (non-hydrogen) atoms. The molecule has 4 heteroatoms. The highest BCUT2D eigenvalue weighted by atomic mass is 35.5. The van der Waals surface area contributed by atoms with Crippen molar-refractivity contribution in [3.05, 3.63) is 41.7 Å². The summed E-state index contributed by atoms with van der Waals surface area (Å²) in [5.74, 6) is 0.603. The summed E-state index contributed by atoms with van der Waals surface area (Å²) in [7, 11) is 1.60. The van der Waals surface area contributed by atoms with E-state index in [0.717, 1.165) is 12.2 Å². The van der Waals surface area contributed by atoms with Gasteiger partial charge < -0.3 is 9.64 Å². The van der Waals surface area contributed by atoms with E-state index in [1.165, 1.54) is 0 Å². The Hall–Kier alpha value is -1.48. The van der Waals surface area contributed by atoms with Crippen LogP contribution in [0.25, 0.3) is 0 Å². The molecule has 1 aliphatic heterocycles. The lowest BCUT2D eigenvalue weighted by Crippen LogP contribution is -2.21. The maximum atomic E-state index is 6.07. The van der Waals surface area contributed by atoms with Gasteiger partial charge in [-0.2, -0.15) is 0 Å². The summed E-state index contributed by atoms with van der Waals surface area (Å²) >= 11 is 6.07. The van der Waals surface area contributed by atoms with Crippen molar-refractivity contribution in [2.45, 2.75) is 0 Å². The Bertz CT molecular complexity index is 398. The second-order valence-electron chi connectivity index (χ2n) is 3.09. The fourth-order valence-corrected chi connectivity index (χ4v) is 1.61. The van der Waals surface area contributed by atoms with Crippen molar-refractivity contribution in [2.75, 3.05) is 18.6 Å². The number of aromatic nitrogens is 1. The summed E-state index contributed by atoms with van der Waals surface area (Å²) in [5.41, 5.74) is 0.960. The van der Waals surface area contributed by atoms with Gasteiger partial charge in [0.15, 0.2) is 0 Å². The molecule has 0 N–H and O–H groups in total. The van der Waals surface area contributed by atoms with Crippen molar-refractivity contribution in [2.24, 2.45) is 0 Å². The van der Waals surface area contributed by atoms with Crippen molar-refractivity contribution in [1.82, 2.24) is 4.98 Å². The highest BCUT2D eigenvalue weighted by Crippen LogP contribution is 2.24. The van der Waals surface area contributed by atoms with E-state index in [-0.39, 0.29) is 0 Å². The highest BCUT2D eigenvalue weighted by Gasteiger charge is 2.10. The van der Waals surface area contributed by atoms with E-state index in [1.807, 2.05) is 35.3 Å². The second-order valence-corrected chi connectivity index (χ2v) is 3.47. The van der Waals surface area contributed by atoms with E-state index in [4.69, 9.17) is 16.3 Å². The van der Waals surface area contributed by atoms with Crippen LogP contribution in [0.4, 0.5) is 5.69 Å². The number of rotatable bonds is 2. The highest BCUT2D eigenvalue weighted by molar-refractivity contribution is 6.31. The average Bonchev–Trinajstić information content (AvgIpc) is 2.30. The smallest absolute Gasteiger partial charge is 0.213 e. The third-order valence-electron chi connectivity index (χ3n) is 2.16. The van der Waals surface area contributed by atoms with Crippen LogP contribution < -0.4 is 9.64 Å². The molecule has 0 atom stereocenters. The predicted molar refractivity (Wildman–Crippen MR) is 61.2 cm³/mol. The van der Waals surface area contributed by atoms with Crippen molar-refractivity contribution >= 4 is 17.3 Å².